The molecule has 1 aromatic rings. The van der Waals surface area contributed by atoms with Crippen molar-refractivity contribution in [3.63, 3.8) is 0 Å². The smallest absolute Gasteiger partial charge is 0.340 e. The fourth-order valence-electron chi connectivity index (χ4n) is 2.25. The zero-order chi connectivity index (χ0) is 13.7. The third kappa shape index (κ3) is 3.38. The number of hydrogen-bond donors (Lipinski definition) is 2. The van der Waals surface area contributed by atoms with Gasteiger partial charge in [-0.3, -0.25) is 0 Å². The maximum atomic E-state index is 11.5. The number of nitrogens with two attached hydrogens (primary N) is 1. The van der Waals surface area contributed by atoms with Crippen LogP contribution in [0.3, 0.4) is 0 Å². The molecule has 0 radical (unpaired) electrons. The number of nitrogens with one attached hydrogen (secondary N) is 1. The molecule has 1 fully saturated rings. The number of benzene rings is 1. The second-order valence-corrected chi connectivity index (χ2v) is 4.61. The fraction of sp³-hybridized carbons (Fsp3) is 0.500. The molecule has 1 saturated heterocycles. The predicted molar refractivity (Wildman–Crippen MR) is 74.3 cm³/mol. The average Bonchev–Trinajstić information content (AvgIpc) is 2.93. The Labute approximate surface area is 113 Å². The molecule has 19 heavy (non-hydrogen) atoms. The summed E-state index contributed by atoms with van der Waals surface area (Å²) >= 11 is 0. The van der Waals surface area contributed by atoms with Crippen LogP contribution in [0.15, 0.2) is 18.2 Å². The SMILES string of the molecule is COC(=O)c1cccc(NCCC2CCCO2)c1N. The van der Waals surface area contributed by atoms with E-state index in [1.165, 1.54) is 7.11 Å². The Morgan fingerprint density at radius 2 is 2.42 bits per heavy atom. The highest BCUT2D eigenvalue weighted by molar-refractivity contribution is 5.98. The summed E-state index contributed by atoms with van der Waals surface area (Å²) in [5.74, 6) is -0.416. The van der Waals surface area contributed by atoms with Gasteiger partial charge < -0.3 is 20.5 Å². The number of nitrogen functional groups attached to an aromatic ring is 1. The van der Waals surface area contributed by atoms with Crippen LogP contribution in [0.5, 0.6) is 0 Å². The van der Waals surface area contributed by atoms with Gasteiger partial charge in [0.15, 0.2) is 0 Å². The van der Waals surface area contributed by atoms with Crippen molar-refractivity contribution >= 4 is 17.3 Å². The molecule has 0 amide bonds. The van der Waals surface area contributed by atoms with Crippen LogP contribution in [-0.2, 0) is 9.47 Å². The summed E-state index contributed by atoms with van der Waals surface area (Å²) in [6, 6.07) is 5.31. The Morgan fingerprint density at radius 3 is 3.11 bits per heavy atom. The number of anilines is 2. The van der Waals surface area contributed by atoms with E-state index in [1.54, 1.807) is 12.1 Å². The molecule has 0 aromatic heterocycles. The van der Waals surface area contributed by atoms with Gasteiger partial charge in [-0.05, 0) is 31.4 Å². The Bertz CT molecular complexity index is 442. The number of carbonyl (C=O) groups is 1. The van der Waals surface area contributed by atoms with E-state index in [4.69, 9.17) is 15.2 Å². The number of carbonyl (C=O) groups excluding carboxylic acids is 1. The van der Waals surface area contributed by atoms with Gasteiger partial charge in [0, 0.05) is 13.2 Å². The van der Waals surface area contributed by atoms with E-state index in [9.17, 15) is 4.79 Å². The van der Waals surface area contributed by atoms with E-state index >= 15 is 0 Å². The van der Waals surface area contributed by atoms with Gasteiger partial charge in [0.25, 0.3) is 0 Å². The molecule has 5 nitrogen and oxygen atoms in total. The summed E-state index contributed by atoms with van der Waals surface area (Å²) in [4.78, 5) is 11.5. The summed E-state index contributed by atoms with van der Waals surface area (Å²) in [6.07, 6.45) is 3.56. The van der Waals surface area contributed by atoms with Gasteiger partial charge in [-0.1, -0.05) is 6.07 Å². The van der Waals surface area contributed by atoms with Crippen molar-refractivity contribution in [2.24, 2.45) is 0 Å². The standard InChI is InChI=1S/C14H20N2O3/c1-18-14(17)11-5-2-6-12(13(11)15)16-8-7-10-4-3-9-19-10/h2,5-6,10,16H,3-4,7-9,15H2,1H3. The molecule has 2 rings (SSSR count). The maximum Gasteiger partial charge on any atom is 0.340 e. The third-order valence-electron chi connectivity index (χ3n) is 3.32. The first-order valence-electron chi connectivity index (χ1n) is 6.54. The molecule has 1 aliphatic rings. The molecular formula is C14H20N2O3. The summed E-state index contributed by atoms with van der Waals surface area (Å²) in [5, 5.41) is 3.25. The van der Waals surface area contributed by atoms with Gasteiger partial charge in [0.05, 0.1) is 30.2 Å². The van der Waals surface area contributed by atoms with E-state index < -0.39 is 5.97 Å². The van der Waals surface area contributed by atoms with Crippen LogP contribution in [0.4, 0.5) is 11.4 Å². The first-order valence-corrected chi connectivity index (χ1v) is 6.54. The van der Waals surface area contributed by atoms with Gasteiger partial charge in [0.2, 0.25) is 0 Å². The van der Waals surface area contributed by atoms with Crippen LogP contribution in [0.2, 0.25) is 0 Å². The Balaban J connectivity index is 1.94. The molecule has 0 aliphatic carbocycles. The number of methoxy groups -OCH3 is 1. The highest BCUT2D eigenvalue weighted by Gasteiger charge is 2.16. The van der Waals surface area contributed by atoms with E-state index in [2.05, 4.69) is 5.32 Å². The molecule has 5 heteroatoms. The minimum Gasteiger partial charge on any atom is -0.465 e. The molecule has 0 bridgehead atoms. The number of rotatable bonds is 5. The van der Waals surface area contributed by atoms with E-state index in [-0.39, 0.29) is 0 Å². The maximum absolute atomic E-state index is 11.5. The molecule has 0 spiro atoms. The summed E-state index contributed by atoms with van der Waals surface area (Å²) in [6.45, 7) is 1.64. The number of ether oxygens (including phenoxy) is 2. The van der Waals surface area contributed by atoms with Crippen molar-refractivity contribution in [2.75, 3.05) is 31.3 Å². The van der Waals surface area contributed by atoms with Gasteiger partial charge in [-0.25, -0.2) is 4.79 Å². The average molecular weight is 264 g/mol. The molecule has 1 unspecified atom stereocenters. The quantitative estimate of drug-likeness (QED) is 0.629. The van der Waals surface area contributed by atoms with Crippen molar-refractivity contribution in [3.8, 4) is 0 Å². The van der Waals surface area contributed by atoms with Gasteiger partial charge in [-0.2, -0.15) is 0 Å². The number of esters is 1. The van der Waals surface area contributed by atoms with E-state index in [0.29, 0.717) is 17.4 Å². The Hall–Kier alpha value is -1.75. The monoisotopic (exact) mass is 264 g/mol. The number of para-hydroxylation sites is 1. The van der Waals surface area contributed by atoms with Gasteiger partial charge in [-0.15, -0.1) is 0 Å². The molecule has 1 aliphatic heterocycles. The van der Waals surface area contributed by atoms with E-state index in [1.807, 2.05) is 6.07 Å². The van der Waals surface area contributed by atoms with Crippen molar-refractivity contribution < 1.29 is 14.3 Å². The summed E-state index contributed by atoms with van der Waals surface area (Å²) in [7, 11) is 1.35. The Morgan fingerprint density at radius 1 is 1.58 bits per heavy atom. The van der Waals surface area contributed by atoms with Crippen LogP contribution >= 0.6 is 0 Å². The molecule has 104 valence electrons. The highest BCUT2D eigenvalue weighted by atomic mass is 16.5. The normalized spacial score (nSPS) is 18.3. The van der Waals surface area contributed by atoms with Gasteiger partial charge in [0.1, 0.15) is 0 Å². The predicted octanol–water partition coefficient (Wildman–Crippen LogP) is 2.04. The van der Waals surface area contributed by atoms with Crippen molar-refractivity contribution in [3.05, 3.63) is 23.8 Å². The highest BCUT2D eigenvalue weighted by Crippen LogP contribution is 2.24. The third-order valence-corrected chi connectivity index (χ3v) is 3.32. The lowest BCUT2D eigenvalue weighted by atomic mass is 10.1. The molecule has 3 N–H and O–H groups in total. The second kappa shape index (κ2) is 6.43. The topological polar surface area (TPSA) is 73.6 Å². The summed E-state index contributed by atoms with van der Waals surface area (Å²) in [5.41, 5.74) is 7.55. The van der Waals surface area contributed by atoms with Crippen LogP contribution < -0.4 is 11.1 Å². The largest absolute Gasteiger partial charge is 0.465 e. The van der Waals surface area contributed by atoms with Crippen molar-refractivity contribution in [2.45, 2.75) is 25.4 Å². The fourth-order valence-corrected chi connectivity index (χ4v) is 2.25. The van der Waals surface area contributed by atoms with Crippen molar-refractivity contribution in [1.29, 1.82) is 0 Å². The lowest BCUT2D eigenvalue weighted by molar-refractivity contribution is 0.0602. The molecule has 0 saturated carbocycles. The molecule has 1 aromatic carbocycles. The zero-order valence-electron chi connectivity index (χ0n) is 11.1. The summed E-state index contributed by atoms with van der Waals surface area (Å²) < 4.78 is 10.2. The van der Waals surface area contributed by atoms with E-state index in [0.717, 1.165) is 38.1 Å². The molecule has 1 atom stereocenters. The zero-order valence-corrected chi connectivity index (χ0v) is 11.1. The van der Waals surface area contributed by atoms with Crippen LogP contribution in [0, 0.1) is 0 Å². The first kappa shape index (κ1) is 13.7. The van der Waals surface area contributed by atoms with Crippen LogP contribution in [0.1, 0.15) is 29.6 Å². The lowest BCUT2D eigenvalue weighted by Gasteiger charge is -2.14. The lowest BCUT2D eigenvalue weighted by Crippen LogP contribution is -2.14. The Kier molecular flexibility index (Phi) is 4.63. The minimum atomic E-state index is -0.416. The van der Waals surface area contributed by atoms with Crippen molar-refractivity contribution in [1.82, 2.24) is 0 Å². The first-order chi connectivity index (χ1) is 9.22. The van der Waals surface area contributed by atoms with Gasteiger partial charge >= 0.3 is 5.97 Å². The molecular weight excluding hydrogens is 244 g/mol. The molecule has 1 heterocycles. The minimum absolute atomic E-state index is 0.345. The number of hydrogen-bond acceptors (Lipinski definition) is 5. The second-order valence-electron chi connectivity index (χ2n) is 4.61. The van der Waals surface area contributed by atoms with Crippen LogP contribution in [-0.4, -0.2) is 32.3 Å². The van der Waals surface area contributed by atoms with Crippen LogP contribution in [0.25, 0.3) is 0 Å².